The van der Waals surface area contributed by atoms with Crippen molar-refractivity contribution in [2.45, 2.75) is 45.4 Å². The van der Waals surface area contributed by atoms with Crippen molar-refractivity contribution in [3.05, 3.63) is 30.2 Å². The number of hydrogen-bond acceptors (Lipinski definition) is 3. The standard InChI is InChI=1S/C16H24N4/c1-4-6-13(7-5-2)15-14(16(17)20(3)19-15)12-8-10-18-11-9-12/h8-11,13H,4-7,17H2,1-3H3. The summed E-state index contributed by atoms with van der Waals surface area (Å²) in [5, 5.41) is 4.70. The van der Waals surface area contributed by atoms with Gasteiger partial charge < -0.3 is 5.73 Å². The maximum atomic E-state index is 6.25. The average Bonchev–Trinajstić information content (AvgIpc) is 2.75. The smallest absolute Gasteiger partial charge is 0.129 e. The fourth-order valence-electron chi connectivity index (χ4n) is 2.77. The van der Waals surface area contributed by atoms with Gasteiger partial charge in [0.2, 0.25) is 0 Å². The Kier molecular flexibility index (Phi) is 4.77. The lowest BCUT2D eigenvalue weighted by Gasteiger charge is -2.15. The van der Waals surface area contributed by atoms with Crippen molar-refractivity contribution >= 4 is 5.82 Å². The molecule has 0 saturated heterocycles. The molecular weight excluding hydrogens is 248 g/mol. The van der Waals surface area contributed by atoms with E-state index in [4.69, 9.17) is 10.8 Å². The summed E-state index contributed by atoms with van der Waals surface area (Å²) in [6.07, 6.45) is 8.25. The van der Waals surface area contributed by atoms with Gasteiger partial charge in [0.05, 0.1) is 5.69 Å². The topological polar surface area (TPSA) is 56.7 Å². The SMILES string of the molecule is CCCC(CCC)c1nn(C)c(N)c1-c1ccncc1. The van der Waals surface area contributed by atoms with Crippen LogP contribution in [0.3, 0.4) is 0 Å². The molecule has 0 saturated carbocycles. The van der Waals surface area contributed by atoms with E-state index in [9.17, 15) is 0 Å². The predicted molar refractivity (Wildman–Crippen MR) is 83.4 cm³/mol. The second-order valence-corrected chi connectivity index (χ2v) is 5.28. The van der Waals surface area contributed by atoms with Crippen LogP contribution in [-0.2, 0) is 7.05 Å². The molecule has 2 rings (SSSR count). The van der Waals surface area contributed by atoms with Crippen molar-refractivity contribution in [2.24, 2.45) is 7.05 Å². The zero-order chi connectivity index (χ0) is 14.5. The van der Waals surface area contributed by atoms with E-state index < -0.39 is 0 Å². The van der Waals surface area contributed by atoms with Gasteiger partial charge in [-0.2, -0.15) is 5.10 Å². The van der Waals surface area contributed by atoms with E-state index in [0.29, 0.717) is 5.92 Å². The molecule has 2 aromatic rings. The molecule has 2 aromatic heterocycles. The van der Waals surface area contributed by atoms with Gasteiger partial charge in [0, 0.05) is 30.9 Å². The molecule has 0 bridgehead atoms. The molecule has 0 radical (unpaired) electrons. The van der Waals surface area contributed by atoms with Crippen LogP contribution in [0.2, 0.25) is 0 Å². The first-order chi connectivity index (χ1) is 9.69. The van der Waals surface area contributed by atoms with Crippen molar-refractivity contribution < 1.29 is 0 Å². The van der Waals surface area contributed by atoms with Gasteiger partial charge in [-0.1, -0.05) is 26.7 Å². The summed E-state index contributed by atoms with van der Waals surface area (Å²) in [5.74, 6) is 1.22. The Morgan fingerprint density at radius 3 is 2.30 bits per heavy atom. The Hall–Kier alpha value is -1.84. The van der Waals surface area contributed by atoms with Crippen LogP contribution in [0, 0.1) is 0 Å². The number of rotatable bonds is 6. The van der Waals surface area contributed by atoms with Gasteiger partial charge in [-0.15, -0.1) is 0 Å². The van der Waals surface area contributed by atoms with Crippen LogP contribution in [0.1, 0.15) is 51.1 Å². The number of hydrogen-bond donors (Lipinski definition) is 1. The molecular formula is C16H24N4. The fraction of sp³-hybridized carbons (Fsp3) is 0.500. The summed E-state index contributed by atoms with van der Waals surface area (Å²) in [5.41, 5.74) is 9.58. The summed E-state index contributed by atoms with van der Waals surface area (Å²) < 4.78 is 1.80. The Morgan fingerprint density at radius 1 is 1.15 bits per heavy atom. The largest absolute Gasteiger partial charge is 0.383 e. The van der Waals surface area contributed by atoms with Gasteiger partial charge in [0.25, 0.3) is 0 Å². The second kappa shape index (κ2) is 6.55. The Labute approximate surface area is 121 Å². The number of aryl methyl sites for hydroxylation is 1. The highest BCUT2D eigenvalue weighted by molar-refractivity contribution is 5.76. The van der Waals surface area contributed by atoms with Crippen LogP contribution < -0.4 is 5.73 Å². The molecule has 0 spiro atoms. The summed E-state index contributed by atoms with van der Waals surface area (Å²) in [6.45, 7) is 4.45. The molecule has 108 valence electrons. The van der Waals surface area contributed by atoms with E-state index in [-0.39, 0.29) is 0 Å². The second-order valence-electron chi connectivity index (χ2n) is 5.28. The first kappa shape index (κ1) is 14.6. The third kappa shape index (κ3) is 2.84. The predicted octanol–water partition coefficient (Wildman–Crippen LogP) is 3.75. The van der Waals surface area contributed by atoms with E-state index in [0.717, 1.165) is 48.3 Å². The lowest BCUT2D eigenvalue weighted by molar-refractivity contribution is 0.540. The molecule has 2 heterocycles. The quantitative estimate of drug-likeness (QED) is 0.871. The van der Waals surface area contributed by atoms with E-state index in [1.54, 1.807) is 17.1 Å². The number of nitrogens with zero attached hydrogens (tertiary/aromatic N) is 3. The van der Waals surface area contributed by atoms with Crippen LogP contribution in [0.25, 0.3) is 11.1 Å². The van der Waals surface area contributed by atoms with Gasteiger partial charge >= 0.3 is 0 Å². The molecule has 0 atom stereocenters. The van der Waals surface area contributed by atoms with E-state index in [2.05, 4.69) is 18.8 Å². The summed E-state index contributed by atoms with van der Waals surface area (Å²) in [7, 11) is 1.92. The minimum absolute atomic E-state index is 0.483. The zero-order valence-electron chi connectivity index (χ0n) is 12.6. The number of nitrogen functional groups attached to an aromatic ring is 1. The summed E-state index contributed by atoms with van der Waals surface area (Å²) in [6, 6.07) is 4.01. The van der Waals surface area contributed by atoms with Gasteiger partial charge in [0.1, 0.15) is 5.82 Å². The van der Waals surface area contributed by atoms with Crippen molar-refractivity contribution in [3.8, 4) is 11.1 Å². The lowest BCUT2D eigenvalue weighted by atomic mass is 9.90. The minimum Gasteiger partial charge on any atom is -0.383 e. The normalized spacial score (nSPS) is 11.2. The molecule has 0 aliphatic carbocycles. The highest BCUT2D eigenvalue weighted by atomic mass is 15.3. The van der Waals surface area contributed by atoms with Crippen LogP contribution in [0.5, 0.6) is 0 Å². The van der Waals surface area contributed by atoms with Gasteiger partial charge in [0.15, 0.2) is 0 Å². The Morgan fingerprint density at radius 2 is 1.75 bits per heavy atom. The monoisotopic (exact) mass is 272 g/mol. The first-order valence-corrected chi connectivity index (χ1v) is 7.41. The van der Waals surface area contributed by atoms with Crippen molar-refractivity contribution in [1.82, 2.24) is 14.8 Å². The number of anilines is 1. The van der Waals surface area contributed by atoms with E-state index in [1.807, 2.05) is 19.2 Å². The molecule has 0 aromatic carbocycles. The van der Waals surface area contributed by atoms with Crippen LogP contribution in [0.15, 0.2) is 24.5 Å². The number of nitrogens with two attached hydrogens (primary N) is 1. The maximum absolute atomic E-state index is 6.25. The van der Waals surface area contributed by atoms with Crippen LogP contribution in [-0.4, -0.2) is 14.8 Å². The molecule has 0 aliphatic rings. The van der Waals surface area contributed by atoms with Crippen LogP contribution >= 0.6 is 0 Å². The third-order valence-electron chi connectivity index (χ3n) is 3.75. The van der Waals surface area contributed by atoms with Crippen molar-refractivity contribution in [1.29, 1.82) is 0 Å². The lowest BCUT2D eigenvalue weighted by Crippen LogP contribution is -2.02. The molecule has 4 heteroatoms. The molecule has 0 aliphatic heterocycles. The van der Waals surface area contributed by atoms with E-state index in [1.165, 1.54) is 0 Å². The van der Waals surface area contributed by atoms with E-state index >= 15 is 0 Å². The fourth-order valence-corrected chi connectivity index (χ4v) is 2.77. The minimum atomic E-state index is 0.483. The van der Waals surface area contributed by atoms with Crippen molar-refractivity contribution in [3.63, 3.8) is 0 Å². The highest BCUT2D eigenvalue weighted by Crippen LogP contribution is 2.37. The van der Waals surface area contributed by atoms with Crippen LogP contribution in [0.4, 0.5) is 5.82 Å². The Bertz CT molecular complexity index is 539. The summed E-state index contributed by atoms with van der Waals surface area (Å²) in [4.78, 5) is 4.09. The number of aromatic nitrogens is 3. The van der Waals surface area contributed by atoms with Gasteiger partial charge in [-0.05, 0) is 30.5 Å². The highest BCUT2D eigenvalue weighted by Gasteiger charge is 2.22. The van der Waals surface area contributed by atoms with Gasteiger partial charge in [-0.3, -0.25) is 9.67 Å². The molecule has 2 N–H and O–H groups in total. The zero-order valence-corrected chi connectivity index (χ0v) is 12.6. The Balaban J connectivity index is 2.50. The maximum Gasteiger partial charge on any atom is 0.129 e. The average molecular weight is 272 g/mol. The molecule has 20 heavy (non-hydrogen) atoms. The molecule has 0 fully saturated rings. The molecule has 4 nitrogen and oxygen atoms in total. The van der Waals surface area contributed by atoms with Gasteiger partial charge in [-0.25, -0.2) is 0 Å². The molecule has 0 amide bonds. The third-order valence-corrected chi connectivity index (χ3v) is 3.75. The summed E-state index contributed by atoms with van der Waals surface area (Å²) >= 11 is 0. The molecule has 0 unspecified atom stereocenters. The number of pyridine rings is 1. The van der Waals surface area contributed by atoms with Crippen molar-refractivity contribution in [2.75, 3.05) is 5.73 Å². The first-order valence-electron chi connectivity index (χ1n) is 7.41.